The van der Waals surface area contributed by atoms with E-state index in [1.54, 1.807) is 4.90 Å². The number of carbonyl (C=O) groups excluding carboxylic acids is 3. The van der Waals surface area contributed by atoms with Gasteiger partial charge in [-0.1, -0.05) is 41.5 Å². The molecule has 9 rings (SSSR count). The molecule has 0 bridgehead atoms. The van der Waals surface area contributed by atoms with Gasteiger partial charge in [-0.15, -0.1) is 0 Å². The zero-order chi connectivity index (χ0) is 64.1. The van der Waals surface area contributed by atoms with Gasteiger partial charge in [-0.25, -0.2) is 10.1 Å². The minimum absolute atomic E-state index is 0.0235. The van der Waals surface area contributed by atoms with E-state index in [0.717, 1.165) is 51.4 Å². The molecule has 0 spiro atoms. The summed E-state index contributed by atoms with van der Waals surface area (Å²) in [4.78, 5) is 46.7. The Morgan fingerprint density at radius 2 is 1.06 bits per heavy atom. The summed E-state index contributed by atoms with van der Waals surface area (Å²) in [6.07, 6.45) is -7.58. The van der Waals surface area contributed by atoms with Crippen molar-refractivity contribution in [1.29, 1.82) is 0 Å². The van der Waals surface area contributed by atoms with E-state index in [0.29, 0.717) is 57.8 Å². The highest BCUT2D eigenvalue weighted by molar-refractivity contribution is 5.81. The van der Waals surface area contributed by atoms with Crippen LogP contribution in [0.3, 0.4) is 0 Å². The molecule has 8 aliphatic carbocycles. The van der Waals surface area contributed by atoms with E-state index in [4.69, 9.17) is 14.7 Å². The summed E-state index contributed by atoms with van der Waals surface area (Å²) >= 11 is 0. The number of aliphatic hydroxyl groups is 13. The second kappa shape index (κ2) is 28.4. The van der Waals surface area contributed by atoms with Crippen LogP contribution >= 0.6 is 0 Å². The minimum atomic E-state index is -2.25. The molecule has 3 amide bonds. The van der Waals surface area contributed by atoms with Gasteiger partial charge in [0.2, 0.25) is 18.1 Å². The molecule has 23 nitrogen and oxygen atoms in total. The number of aliphatic hydroxyl groups excluding tert-OH is 13. The van der Waals surface area contributed by atoms with Crippen LogP contribution in [0.4, 0.5) is 0 Å². The van der Waals surface area contributed by atoms with E-state index < -0.39 is 103 Å². The molecule has 0 radical (unpaired) electrons. The summed E-state index contributed by atoms with van der Waals surface area (Å²) in [6, 6.07) is 0. The Hall–Kier alpha value is -2.27. The molecule has 9 fully saturated rings. The third kappa shape index (κ3) is 13.4. The fraction of sp³-hybridized carbons (Fsp3) is 0.954. The average molecular weight is 1250 g/mol. The standard InChI is InChI=1S/C65H111N3O20/c1-32(38-11-13-40-51-42(29-47(74)64(38,40)5)62(3)19-17-36(69)25-34(62)27-44(51)71)9-15-49(76)66-21-7-23-68(24-8-22-67-59(84)56(81)54(79)53(78)46(73)31-86-60-57(82)55(80)58(83)61(87-60)88-85)50(77)16-10-33(2)39-12-14-41-52-43(30-48(75)65(39,41)6)63(4)20-18-37(70)26-35(63)28-45(52)72/h32-48,51-58,60-61,69-75,78-83,85H,7-31H2,1-6H3,(H,66,76)(H,67,84)/t32?,33?,34?,35?,36-,37-,38?,39?,40?,41?,42?,43?,44-,45-,46?,47+,48+,51?,52?,53?,54?,55?,56?,57-,58?,60+,61?,62+,63+,64-,65-/m1/s1. The lowest BCUT2D eigenvalue weighted by Gasteiger charge is -2.63. The van der Waals surface area contributed by atoms with Crippen molar-refractivity contribution in [2.45, 2.75) is 262 Å². The maximum atomic E-state index is 14.4. The number of hydrogen-bond acceptors (Lipinski definition) is 20. The van der Waals surface area contributed by atoms with Gasteiger partial charge >= 0.3 is 0 Å². The smallest absolute Gasteiger partial charge is 0.251 e. The first-order valence-electron chi connectivity index (χ1n) is 33.8. The van der Waals surface area contributed by atoms with Crippen LogP contribution in [0.15, 0.2) is 0 Å². The number of ether oxygens (including phenoxy) is 2. The number of carbonyl (C=O) groups is 3. The Labute approximate surface area is 519 Å². The molecule has 23 heteroatoms. The van der Waals surface area contributed by atoms with Crippen LogP contribution in [0.1, 0.15) is 170 Å². The molecule has 16 N–H and O–H groups in total. The number of rotatable bonds is 24. The van der Waals surface area contributed by atoms with Gasteiger partial charge in [0.1, 0.15) is 36.6 Å². The summed E-state index contributed by atoms with van der Waals surface area (Å²) in [5.74, 6) is 0.351. The van der Waals surface area contributed by atoms with Crippen molar-refractivity contribution in [1.82, 2.24) is 15.5 Å². The highest BCUT2D eigenvalue weighted by Crippen LogP contribution is 2.70. The van der Waals surface area contributed by atoms with Crippen LogP contribution in [0, 0.1) is 92.7 Å². The van der Waals surface area contributed by atoms with Gasteiger partial charge in [-0.2, -0.15) is 0 Å². The van der Waals surface area contributed by atoms with Gasteiger partial charge < -0.3 is 91.4 Å². The molecular weight excluding hydrogens is 1140 g/mol. The first-order chi connectivity index (χ1) is 41.5. The largest absolute Gasteiger partial charge is 0.393 e. The van der Waals surface area contributed by atoms with Crippen molar-refractivity contribution in [3.05, 3.63) is 0 Å². The topological polar surface area (TPSA) is 389 Å². The molecule has 0 aromatic carbocycles. The number of nitrogens with one attached hydrogen (secondary N) is 2. The molecule has 88 heavy (non-hydrogen) atoms. The Morgan fingerprint density at radius 3 is 1.56 bits per heavy atom. The fourth-order valence-corrected chi connectivity index (χ4v) is 21.0. The molecule has 0 aromatic heterocycles. The monoisotopic (exact) mass is 1250 g/mol. The number of nitrogens with zero attached hydrogens (tertiary/aromatic N) is 1. The van der Waals surface area contributed by atoms with Crippen molar-refractivity contribution in [2.24, 2.45) is 92.7 Å². The second-order valence-corrected chi connectivity index (χ2v) is 30.6. The third-order valence-electron chi connectivity index (χ3n) is 26.3. The molecule has 19 unspecified atom stereocenters. The Kier molecular flexibility index (Phi) is 22.6. The molecule has 506 valence electrons. The Morgan fingerprint density at radius 1 is 0.580 bits per heavy atom. The average Bonchev–Trinajstić information content (AvgIpc) is 1.32. The van der Waals surface area contributed by atoms with Crippen LogP contribution < -0.4 is 10.6 Å². The maximum Gasteiger partial charge on any atom is 0.251 e. The molecule has 1 saturated heterocycles. The van der Waals surface area contributed by atoms with Gasteiger partial charge in [0.25, 0.3) is 5.91 Å². The van der Waals surface area contributed by atoms with Gasteiger partial charge in [0, 0.05) is 39.0 Å². The predicted molar refractivity (Wildman–Crippen MR) is 317 cm³/mol. The summed E-state index contributed by atoms with van der Waals surface area (Å²) in [5.41, 5.74) is -0.932. The highest BCUT2D eigenvalue weighted by atomic mass is 17.1. The second-order valence-electron chi connectivity index (χ2n) is 30.6. The van der Waals surface area contributed by atoms with Crippen molar-refractivity contribution >= 4 is 17.7 Å². The molecule has 31 atom stereocenters. The zero-order valence-corrected chi connectivity index (χ0v) is 52.9. The van der Waals surface area contributed by atoms with E-state index in [-0.39, 0.29) is 151 Å². The number of hydrogen-bond donors (Lipinski definition) is 16. The maximum absolute atomic E-state index is 14.4. The molecular formula is C65H111N3O20. The zero-order valence-electron chi connectivity index (χ0n) is 52.9. The van der Waals surface area contributed by atoms with Gasteiger partial charge in [-0.05, 0) is 208 Å². The summed E-state index contributed by atoms with van der Waals surface area (Å²) < 4.78 is 10.2. The van der Waals surface area contributed by atoms with E-state index >= 15 is 0 Å². The normalized spacial score (nSPS) is 45.8. The Balaban J connectivity index is 0.775. The van der Waals surface area contributed by atoms with Crippen LogP contribution in [0.5, 0.6) is 0 Å². The SMILES string of the molecule is CC(CCC(=O)NCCCN(CCCNC(=O)C(O)C(O)C(O)C(O)CO[C@H]1OC(OO)C(O)C(O)[C@H]1O)C(=O)CCC(C)C1CCC2C3C(C[C@H](O)[C@]12C)[C@@]1(C)CC[C@@H](O)CC1C[C@H]3O)C1CCC2C3C(C[C@H](O)[C@]12C)[C@@]1(C)CC[C@@H](O)CC1C[C@H]3O. The van der Waals surface area contributed by atoms with Crippen molar-refractivity contribution < 1.29 is 100 Å². The van der Waals surface area contributed by atoms with Gasteiger partial charge in [0.05, 0.1) is 43.2 Å². The highest BCUT2D eigenvalue weighted by Gasteiger charge is 2.68. The van der Waals surface area contributed by atoms with Crippen LogP contribution in [0.25, 0.3) is 0 Å². The van der Waals surface area contributed by atoms with E-state index in [9.17, 15) is 80.8 Å². The van der Waals surface area contributed by atoms with Crippen LogP contribution in [-0.4, -0.2) is 219 Å². The predicted octanol–water partition coefficient (Wildman–Crippen LogP) is 1.30. The summed E-state index contributed by atoms with van der Waals surface area (Å²) in [5, 5.41) is 156. The molecule has 9 aliphatic rings. The van der Waals surface area contributed by atoms with Crippen molar-refractivity contribution in [3.8, 4) is 0 Å². The lowest BCUT2D eigenvalue weighted by molar-refractivity contribution is -0.428. The number of amides is 3. The van der Waals surface area contributed by atoms with Crippen molar-refractivity contribution in [3.63, 3.8) is 0 Å². The molecule has 1 aliphatic heterocycles. The molecule has 8 saturated carbocycles. The summed E-state index contributed by atoms with van der Waals surface area (Å²) in [6.45, 7) is 13.2. The first-order valence-corrected chi connectivity index (χ1v) is 33.8. The van der Waals surface area contributed by atoms with Gasteiger partial charge in [-0.3, -0.25) is 14.4 Å². The van der Waals surface area contributed by atoms with Crippen LogP contribution in [-0.2, 0) is 28.7 Å². The lowest BCUT2D eigenvalue weighted by Crippen LogP contribution is -2.62. The number of fused-ring (bicyclic) bond motifs is 10. The van der Waals surface area contributed by atoms with Gasteiger partial charge in [0.15, 0.2) is 12.4 Å². The molecule has 1 heterocycles. The quantitative estimate of drug-likeness (QED) is 0.0368. The van der Waals surface area contributed by atoms with Crippen LogP contribution in [0.2, 0.25) is 0 Å². The van der Waals surface area contributed by atoms with E-state index in [2.05, 4.69) is 57.1 Å². The Bertz CT molecular complexity index is 2340. The fourth-order valence-electron chi connectivity index (χ4n) is 21.0. The van der Waals surface area contributed by atoms with E-state index in [1.807, 2.05) is 0 Å². The van der Waals surface area contributed by atoms with Crippen molar-refractivity contribution in [2.75, 3.05) is 32.8 Å². The third-order valence-corrected chi connectivity index (χ3v) is 26.3. The summed E-state index contributed by atoms with van der Waals surface area (Å²) in [7, 11) is 0. The molecule has 0 aromatic rings. The lowest BCUT2D eigenvalue weighted by atomic mass is 9.43. The van der Waals surface area contributed by atoms with E-state index in [1.165, 1.54) is 0 Å². The first kappa shape index (κ1) is 70.1. The minimum Gasteiger partial charge on any atom is -0.393 e.